The molecule has 0 aliphatic heterocycles. The van der Waals surface area contributed by atoms with Crippen LogP contribution in [-0.2, 0) is 22.7 Å². The van der Waals surface area contributed by atoms with Gasteiger partial charge in [-0.25, -0.2) is 0 Å². The van der Waals surface area contributed by atoms with E-state index in [1.807, 2.05) is 35.7 Å². The van der Waals surface area contributed by atoms with Crippen molar-refractivity contribution >= 4 is 34.5 Å². The topological polar surface area (TPSA) is 62.6 Å². The van der Waals surface area contributed by atoms with E-state index in [1.165, 1.54) is 23.1 Å². The van der Waals surface area contributed by atoms with Crippen molar-refractivity contribution in [3.8, 4) is 0 Å². The lowest BCUT2D eigenvalue weighted by molar-refractivity contribution is -0.133. The number of carbonyl (C=O) groups is 2. The minimum Gasteiger partial charge on any atom is -0.467 e. The Morgan fingerprint density at radius 3 is 2.63 bits per heavy atom. The van der Waals surface area contributed by atoms with Crippen molar-refractivity contribution in [1.82, 2.24) is 10.2 Å². The van der Waals surface area contributed by atoms with Crippen LogP contribution in [0.3, 0.4) is 0 Å². The van der Waals surface area contributed by atoms with Gasteiger partial charge in [0.15, 0.2) is 0 Å². The Labute approximate surface area is 166 Å². The molecule has 0 fully saturated rings. The highest BCUT2D eigenvalue weighted by atomic mass is 32.1. The number of rotatable bonds is 8. The number of nitrogens with one attached hydrogen (secondary N) is 1. The number of thiophene rings is 2. The monoisotopic (exact) mass is 402 g/mol. The van der Waals surface area contributed by atoms with Crippen LogP contribution in [0.25, 0.3) is 0 Å². The molecule has 0 saturated carbocycles. The zero-order valence-electron chi connectivity index (χ0n) is 15.3. The van der Waals surface area contributed by atoms with Gasteiger partial charge in [0, 0.05) is 21.6 Å². The molecule has 27 heavy (non-hydrogen) atoms. The van der Waals surface area contributed by atoms with Gasteiger partial charge in [-0.15, -0.1) is 22.7 Å². The molecule has 5 nitrogen and oxygen atoms in total. The molecule has 0 aromatic carbocycles. The third kappa shape index (κ3) is 5.55. The van der Waals surface area contributed by atoms with E-state index in [-0.39, 0.29) is 24.3 Å². The van der Waals surface area contributed by atoms with Gasteiger partial charge >= 0.3 is 0 Å². The molecule has 142 valence electrons. The second-order valence-electron chi connectivity index (χ2n) is 6.31. The molecule has 2 amide bonds. The fourth-order valence-electron chi connectivity index (χ4n) is 2.84. The minimum atomic E-state index is -0.320. The molecule has 1 N–H and O–H groups in total. The van der Waals surface area contributed by atoms with Crippen LogP contribution in [0.1, 0.15) is 39.8 Å². The Morgan fingerprint density at radius 1 is 1.19 bits per heavy atom. The molecular formula is C20H22N2O3S2. The van der Waals surface area contributed by atoms with Crippen molar-refractivity contribution in [2.75, 3.05) is 0 Å². The van der Waals surface area contributed by atoms with E-state index in [2.05, 4.69) is 18.3 Å². The van der Waals surface area contributed by atoms with E-state index >= 15 is 0 Å². The Hall–Kier alpha value is -2.38. The molecule has 0 saturated heterocycles. The van der Waals surface area contributed by atoms with E-state index in [0.29, 0.717) is 13.1 Å². The van der Waals surface area contributed by atoms with Gasteiger partial charge in [0.25, 0.3) is 0 Å². The van der Waals surface area contributed by atoms with E-state index < -0.39 is 0 Å². The summed E-state index contributed by atoms with van der Waals surface area (Å²) in [4.78, 5) is 29.8. The summed E-state index contributed by atoms with van der Waals surface area (Å²) in [7, 11) is 0. The Kier molecular flexibility index (Phi) is 6.47. The third-order valence-corrected chi connectivity index (χ3v) is 6.04. The summed E-state index contributed by atoms with van der Waals surface area (Å²) in [5.74, 6) is 0.570. The largest absolute Gasteiger partial charge is 0.467 e. The highest BCUT2D eigenvalue weighted by molar-refractivity contribution is 7.11. The smallest absolute Gasteiger partial charge is 0.225 e. The van der Waals surface area contributed by atoms with Crippen LogP contribution in [-0.4, -0.2) is 16.7 Å². The number of hydrogen-bond acceptors (Lipinski definition) is 5. The number of carbonyl (C=O) groups excluding carboxylic acids is 2. The summed E-state index contributed by atoms with van der Waals surface area (Å²) in [6, 6.07) is 11.3. The molecule has 0 spiro atoms. The zero-order valence-corrected chi connectivity index (χ0v) is 16.9. The highest BCUT2D eigenvalue weighted by Gasteiger charge is 2.23. The summed E-state index contributed by atoms with van der Waals surface area (Å²) >= 11 is 3.22. The predicted molar refractivity (Wildman–Crippen MR) is 108 cm³/mol. The van der Waals surface area contributed by atoms with Gasteiger partial charge in [-0.2, -0.15) is 0 Å². The molecule has 3 heterocycles. The number of nitrogens with zero attached hydrogens (tertiary/aromatic N) is 1. The molecule has 0 aliphatic rings. The molecule has 7 heteroatoms. The van der Waals surface area contributed by atoms with Gasteiger partial charge in [0.05, 0.1) is 31.8 Å². The van der Waals surface area contributed by atoms with Crippen molar-refractivity contribution in [3.63, 3.8) is 0 Å². The normalized spacial score (nSPS) is 11.9. The van der Waals surface area contributed by atoms with Crippen LogP contribution in [0, 0.1) is 6.92 Å². The SMILES string of the molecule is CC(=O)NC(CC(=O)N(Cc1ccco1)Cc1ccc(C)s1)c1cccs1. The third-order valence-electron chi connectivity index (χ3n) is 4.07. The van der Waals surface area contributed by atoms with E-state index in [0.717, 1.165) is 15.5 Å². The molecule has 0 radical (unpaired) electrons. The number of aryl methyl sites for hydroxylation is 1. The molecule has 0 bridgehead atoms. The van der Waals surface area contributed by atoms with Crippen molar-refractivity contribution < 1.29 is 14.0 Å². The number of furan rings is 1. The van der Waals surface area contributed by atoms with Gasteiger partial charge in [-0.3, -0.25) is 9.59 Å². The van der Waals surface area contributed by atoms with Gasteiger partial charge in [-0.1, -0.05) is 6.07 Å². The van der Waals surface area contributed by atoms with Crippen LogP contribution < -0.4 is 5.32 Å². The van der Waals surface area contributed by atoms with Crippen molar-refractivity contribution in [2.45, 2.75) is 39.4 Å². The quantitative estimate of drug-likeness (QED) is 0.603. The van der Waals surface area contributed by atoms with Crippen LogP contribution in [0.2, 0.25) is 0 Å². The number of hydrogen-bond donors (Lipinski definition) is 1. The second-order valence-corrected chi connectivity index (χ2v) is 8.67. The average molecular weight is 403 g/mol. The van der Waals surface area contributed by atoms with E-state index in [4.69, 9.17) is 4.42 Å². The predicted octanol–water partition coefficient (Wildman–Crippen LogP) is 4.51. The molecular weight excluding hydrogens is 380 g/mol. The Morgan fingerprint density at radius 2 is 2.04 bits per heavy atom. The van der Waals surface area contributed by atoms with Gasteiger partial charge in [-0.05, 0) is 42.6 Å². The maximum atomic E-state index is 13.1. The first-order valence-electron chi connectivity index (χ1n) is 8.67. The van der Waals surface area contributed by atoms with Gasteiger partial charge in [0.1, 0.15) is 5.76 Å². The minimum absolute atomic E-state index is 0.0235. The van der Waals surface area contributed by atoms with E-state index in [9.17, 15) is 9.59 Å². The molecule has 3 rings (SSSR count). The first-order valence-corrected chi connectivity index (χ1v) is 10.4. The van der Waals surface area contributed by atoms with Crippen LogP contribution >= 0.6 is 22.7 Å². The lowest BCUT2D eigenvalue weighted by atomic mass is 10.1. The van der Waals surface area contributed by atoms with Crippen LogP contribution in [0.4, 0.5) is 0 Å². The van der Waals surface area contributed by atoms with Crippen molar-refractivity contribution in [3.05, 3.63) is 68.4 Å². The van der Waals surface area contributed by atoms with Gasteiger partial charge < -0.3 is 14.6 Å². The highest BCUT2D eigenvalue weighted by Crippen LogP contribution is 2.25. The summed E-state index contributed by atoms with van der Waals surface area (Å²) in [6.45, 7) is 4.45. The maximum absolute atomic E-state index is 13.1. The van der Waals surface area contributed by atoms with Gasteiger partial charge in [0.2, 0.25) is 11.8 Å². The fourth-order valence-corrected chi connectivity index (χ4v) is 4.53. The molecule has 3 aromatic heterocycles. The fraction of sp³-hybridized carbons (Fsp3) is 0.300. The summed E-state index contributed by atoms with van der Waals surface area (Å²) in [5.41, 5.74) is 0. The lowest BCUT2D eigenvalue weighted by Gasteiger charge is -2.24. The zero-order chi connectivity index (χ0) is 19.2. The maximum Gasteiger partial charge on any atom is 0.225 e. The lowest BCUT2D eigenvalue weighted by Crippen LogP contribution is -2.35. The second kappa shape index (κ2) is 9.01. The Balaban J connectivity index is 1.76. The average Bonchev–Trinajstić information content (AvgIpc) is 3.36. The summed E-state index contributed by atoms with van der Waals surface area (Å²) in [5, 5.41) is 4.85. The molecule has 1 unspecified atom stereocenters. The molecule has 3 aromatic rings. The van der Waals surface area contributed by atoms with Crippen molar-refractivity contribution in [2.24, 2.45) is 0 Å². The first-order chi connectivity index (χ1) is 13.0. The molecule has 1 atom stereocenters. The van der Waals surface area contributed by atoms with Crippen LogP contribution in [0.15, 0.2) is 52.5 Å². The standard InChI is InChI=1S/C20H22N2O3S2/c1-14-7-8-17(27-14)13-22(12-16-5-3-9-25-16)20(24)11-18(21-15(2)23)19-6-4-10-26-19/h3-10,18H,11-13H2,1-2H3,(H,21,23). The number of amides is 2. The van der Waals surface area contributed by atoms with Crippen molar-refractivity contribution in [1.29, 1.82) is 0 Å². The summed E-state index contributed by atoms with van der Waals surface area (Å²) in [6.07, 6.45) is 1.82. The van der Waals surface area contributed by atoms with Crippen LogP contribution in [0.5, 0.6) is 0 Å². The first kappa shape index (κ1) is 19.4. The summed E-state index contributed by atoms with van der Waals surface area (Å²) < 4.78 is 5.44. The molecule has 0 aliphatic carbocycles. The Bertz CT molecular complexity index is 869. The van der Waals surface area contributed by atoms with E-state index in [1.54, 1.807) is 22.5 Å².